The first-order valence-electron chi connectivity index (χ1n) is 10.3. The summed E-state index contributed by atoms with van der Waals surface area (Å²) < 4.78 is 43.9. The number of benzene rings is 1. The van der Waals surface area contributed by atoms with Crippen LogP contribution in [-0.4, -0.2) is 39.6 Å². The number of anilines is 2. The van der Waals surface area contributed by atoms with E-state index in [9.17, 15) is 23.1 Å². The number of amides is 1. The van der Waals surface area contributed by atoms with Gasteiger partial charge in [-0.3, -0.25) is 9.48 Å². The summed E-state index contributed by atoms with van der Waals surface area (Å²) in [4.78, 5) is 13.0. The molecule has 0 saturated heterocycles. The highest BCUT2D eigenvalue weighted by molar-refractivity contribution is 6.31. The number of alkyl halides is 2. The minimum absolute atomic E-state index is 0.0633. The number of ether oxygens (including phenoxy) is 1. The lowest BCUT2D eigenvalue weighted by Crippen LogP contribution is -2.33. The highest BCUT2D eigenvalue weighted by atomic mass is 35.5. The molecule has 4 N–H and O–H groups in total. The molecule has 2 aliphatic rings. The van der Waals surface area contributed by atoms with Crippen molar-refractivity contribution in [2.24, 2.45) is 18.9 Å². The number of aliphatic hydroxyl groups is 1. The molecule has 1 heterocycles. The van der Waals surface area contributed by atoms with Crippen LogP contribution >= 0.6 is 11.6 Å². The van der Waals surface area contributed by atoms with E-state index in [-0.39, 0.29) is 34.2 Å². The highest BCUT2D eigenvalue weighted by Crippen LogP contribution is 2.54. The lowest BCUT2D eigenvalue weighted by atomic mass is 9.92. The highest BCUT2D eigenvalue weighted by Gasteiger charge is 2.50. The summed E-state index contributed by atoms with van der Waals surface area (Å²) in [5, 5.41) is 17.6. The van der Waals surface area contributed by atoms with Crippen LogP contribution < -0.4 is 11.1 Å². The van der Waals surface area contributed by atoms with Gasteiger partial charge in [0, 0.05) is 18.7 Å². The maximum Gasteiger partial charge on any atom is 0.345 e. The van der Waals surface area contributed by atoms with Gasteiger partial charge in [0.1, 0.15) is 17.2 Å². The van der Waals surface area contributed by atoms with Crippen LogP contribution in [0.3, 0.4) is 0 Å². The van der Waals surface area contributed by atoms with Gasteiger partial charge in [-0.2, -0.15) is 13.9 Å². The van der Waals surface area contributed by atoms with E-state index >= 15 is 0 Å². The van der Waals surface area contributed by atoms with E-state index in [4.69, 9.17) is 17.3 Å². The molecule has 2 atom stereocenters. The van der Waals surface area contributed by atoms with E-state index in [1.165, 1.54) is 16.8 Å². The molecule has 4 rings (SSSR count). The number of rotatable bonds is 6. The Kier molecular flexibility index (Phi) is 6.12. The van der Waals surface area contributed by atoms with Gasteiger partial charge in [-0.05, 0) is 55.7 Å². The van der Waals surface area contributed by atoms with Gasteiger partial charge in [0.2, 0.25) is 0 Å². The normalized spacial score (nSPS) is 27.2. The minimum Gasteiger partial charge on any atom is -0.387 e. The van der Waals surface area contributed by atoms with Crippen LogP contribution in [0.25, 0.3) is 0 Å². The van der Waals surface area contributed by atoms with E-state index < -0.39 is 30.5 Å². The van der Waals surface area contributed by atoms with E-state index in [1.54, 1.807) is 7.05 Å². The summed E-state index contributed by atoms with van der Waals surface area (Å²) in [7, 11) is 1.64. The summed E-state index contributed by atoms with van der Waals surface area (Å²) in [6, 6.07) is 3.86. The number of nitrogens with two attached hydrogens (primary N) is 1. The first-order valence-corrected chi connectivity index (χ1v) is 10.6. The van der Waals surface area contributed by atoms with Gasteiger partial charge in [-0.25, -0.2) is 4.39 Å². The maximum absolute atomic E-state index is 13.4. The first-order chi connectivity index (χ1) is 15.1. The number of fused-ring (bicyclic) bond motifs is 1. The molecule has 2 aromatic rings. The number of nitrogens with one attached hydrogen (secondary N) is 1. The topological polar surface area (TPSA) is 102 Å². The second-order valence-electron chi connectivity index (χ2n) is 8.74. The Morgan fingerprint density at radius 2 is 2.06 bits per heavy atom. The van der Waals surface area contributed by atoms with Gasteiger partial charge in [0.05, 0.1) is 22.9 Å². The standard InChI is InChI=1S/C21H24ClF3N4O3/c1-29-18(26)16(19(30)27-13-2-3-15(23)14(22)6-13)17(28-29)10-4-11-7-21(31,8-12(11)5-10)9-32-20(24)25/h2-3,6,10-12,20,31H,4-5,7-9,26H2,1H3,(H,27,30). The molecule has 2 saturated carbocycles. The Morgan fingerprint density at radius 3 is 2.66 bits per heavy atom. The van der Waals surface area contributed by atoms with Crippen LogP contribution in [0.5, 0.6) is 0 Å². The number of halogens is 4. The molecule has 174 valence electrons. The zero-order chi connectivity index (χ0) is 23.2. The average Bonchev–Trinajstić information content (AvgIpc) is 3.33. The minimum atomic E-state index is -2.92. The van der Waals surface area contributed by atoms with E-state index in [2.05, 4.69) is 15.2 Å². The fraction of sp³-hybridized carbons (Fsp3) is 0.524. The molecule has 2 unspecified atom stereocenters. The first kappa shape index (κ1) is 22.9. The molecule has 1 amide bonds. The van der Waals surface area contributed by atoms with E-state index in [0.29, 0.717) is 37.1 Å². The molecule has 1 aromatic heterocycles. The largest absolute Gasteiger partial charge is 0.387 e. The number of carbonyl (C=O) groups excluding carboxylic acids is 1. The molecule has 2 fully saturated rings. The van der Waals surface area contributed by atoms with Crippen molar-refractivity contribution in [2.45, 2.75) is 43.8 Å². The molecular weight excluding hydrogens is 449 g/mol. The predicted octanol–water partition coefficient (Wildman–Crippen LogP) is 3.92. The third-order valence-corrected chi connectivity index (χ3v) is 6.80. The summed E-state index contributed by atoms with van der Waals surface area (Å²) in [6.07, 6.45) is 2.03. The molecule has 32 heavy (non-hydrogen) atoms. The summed E-state index contributed by atoms with van der Waals surface area (Å²) in [5.74, 6) is -0.714. The Hall–Kier alpha value is -2.30. The smallest absolute Gasteiger partial charge is 0.345 e. The number of aryl methyl sites for hydroxylation is 1. The van der Waals surface area contributed by atoms with Gasteiger partial charge in [0.25, 0.3) is 5.91 Å². The number of hydrogen-bond acceptors (Lipinski definition) is 5. The molecular formula is C21H24ClF3N4O3. The van der Waals surface area contributed by atoms with Gasteiger partial charge in [0.15, 0.2) is 0 Å². The molecule has 2 aliphatic carbocycles. The van der Waals surface area contributed by atoms with Gasteiger partial charge >= 0.3 is 6.61 Å². The van der Waals surface area contributed by atoms with Crippen molar-refractivity contribution in [3.8, 4) is 0 Å². The van der Waals surface area contributed by atoms with Crippen LogP contribution in [0.4, 0.5) is 24.7 Å². The predicted molar refractivity (Wildman–Crippen MR) is 112 cm³/mol. The SMILES string of the molecule is Cn1nc(C2CC3CC(O)(COC(F)F)CC3C2)c(C(=O)Nc2ccc(F)c(Cl)c2)c1N. The number of aromatic nitrogens is 2. The van der Waals surface area contributed by atoms with Crippen LogP contribution in [0.15, 0.2) is 18.2 Å². The number of carbonyl (C=O) groups is 1. The summed E-state index contributed by atoms with van der Waals surface area (Å²) in [5.41, 5.74) is 5.99. The van der Waals surface area contributed by atoms with Crippen molar-refractivity contribution in [3.63, 3.8) is 0 Å². The quantitative estimate of drug-likeness (QED) is 0.591. The molecule has 11 heteroatoms. The zero-order valence-electron chi connectivity index (χ0n) is 17.3. The summed E-state index contributed by atoms with van der Waals surface area (Å²) >= 11 is 5.79. The number of hydrogen-bond donors (Lipinski definition) is 3. The van der Waals surface area contributed by atoms with Crippen molar-refractivity contribution in [1.82, 2.24) is 9.78 Å². The van der Waals surface area contributed by atoms with Crippen molar-refractivity contribution < 1.29 is 27.8 Å². The molecule has 1 aromatic carbocycles. The molecule has 0 aliphatic heterocycles. The number of nitrogens with zero attached hydrogens (tertiary/aromatic N) is 2. The van der Waals surface area contributed by atoms with E-state index in [0.717, 1.165) is 6.07 Å². The number of nitrogen functional groups attached to an aromatic ring is 1. The van der Waals surface area contributed by atoms with Crippen LogP contribution in [-0.2, 0) is 11.8 Å². The lowest BCUT2D eigenvalue weighted by molar-refractivity contribution is -0.170. The van der Waals surface area contributed by atoms with Crippen LogP contribution in [0.2, 0.25) is 5.02 Å². The van der Waals surface area contributed by atoms with Crippen molar-refractivity contribution in [2.75, 3.05) is 17.7 Å². The third kappa shape index (κ3) is 4.44. The molecule has 0 radical (unpaired) electrons. The van der Waals surface area contributed by atoms with E-state index in [1.807, 2.05) is 0 Å². The van der Waals surface area contributed by atoms with Crippen LogP contribution in [0.1, 0.15) is 47.7 Å². The lowest BCUT2D eigenvalue weighted by Gasteiger charge is -2.24. The maximum atomic E-state index is 13.4. The van der Waals surface area contributed by atoms with Gasteiger partial charge < -0.3 is 20.9 Å². The average molecular weight is 473 g/mol. The molecule has 7 nitrogen and oxygen atoms in total. The zero-order valence-corrected chi connectivity index (χ0v) is 18.1. The Morgan fingerprint density at radius 1 is 1.41 bits per heavy atom. The van der Waals surface area contributed by atoms with Gasteiger partial charge in [-0.1, -0.05) is 11.6 Å². The fourth-order valence-electron chi connectivity index (χ4n) is 5.18. The monoisotopic (exact) mass is 472 g/mol. The third-order valence-electron chi connectivity index (χ3n) is 6.51. The second kappa shape index (κ2) is 8.57. The summed E-state index contributed by atoms with van der Waals surface area (Å²) in [6.45, 7) is -3.31. The molecule has 0 bridgehead atoms. The van der Waals surface area contributed by atoms with Crippen molar-refractivity contribution in [3.05, 3.63) is 40.3 Å². The Balaban J connectivity index is 1.50. The van der Waals surface area contributed by atoms with Crippen molar-refractivity contribution in [1.29, 1.82) is 0 Å². The second-order valence-corrected chi connectivity index (χ2v) is 9.15. The Labute approximate surface area is 187 Å². The van der Waals surface area contributed by atoms with Crippen molar-refractivity contribution >= 4 is 29.0 Å². The fourth-order valence-corrected chi connectivity index (χ4v) is 5.36. The molecule has 0 spiro atoms. The van der Waals surface area contributed by atoms with Crippen LogP contribution in [0, 0.1) is 17.7 Å². The van der Waals surface area contributed by atoms with Gasteiger partial charge in [-0.15, -0.1) is 0 Å². The Bertz CT molecular complexity index is 1020.